The molecule has 0 atom stereocenters. The molecule has 1 N–H and O–H groups in total. The third kappa shape index (κ3) is 1.21. The fourth-order valence-electron chi connectivity index (χ4n) is 1.83. The predicted molar refractivity (Wildman–Crippen MR) is 61.3 cm³/mol. The van der Waals surface area contributed by atoms with E-state index in [0.29, 0.717) is 12.2 Å². The van der Waals surface area contributed by atoms with Crippen molar-refractivity contribution in [3.8, 4) is 0 Å². The second-order valence-corrected chi connectivity index (χ2v) is 3.81. The zero-order valence-corrected chi connectivity index (χ0v) is 8.77. The minimum absolute atomic E-state index is 0.0326. The summed E-state index contributed by atoms with van der Waals surface area (Å²) in [6.07, 6.45) is 0.376. The first-order chi connectivity index (χ1) is 7.75. The number of rotatable bonds is 1. The number of H-pyrrole nitrogens is 1. The molecule has 1 aromatic heterocycles. The van der Waals surface area contributed by atoms with Gasteiger partial charge in [0.1, 0.15) is 0 Å². The lowest BCUT2D eigenvalue weighted by Gasteiger charge is -2.07. The topological polar surface area (TPSA) is 61.4 Å². The van der Waals surface area contributed by atoms with Gasteiger partial charge in [0.25, 0.3) is 5.91 Å². The zero-order chi connectivity index (χ0) is 11.1. The van der Waals surface area contributed by atoms with E-state index in [-0.39, 0.29) is 5.91 Å². The minimum Gasteiger partial charge on any atom is -0.276 e. The highest BCUT2D eigenvalue weighted by Gasteiger charge is 2.25. The molecule has 0 fully saturated rings. The Balaban J connectivity index is 2.16. The fraction of sp³-hybridized carbons (Fsp3) is 0.182. The molecule has 0 aliphatic carbocycles. The van der Waals surface area contributed by atoms with Crippen LogP contribution < -0.4 is 5.01 Å². The molecule has 1 aliphatic rings. The largest absolute Gasteiger partial charge is 0.276 e. The van der Waals surface area contributed by atoms with Gasteiger partial charge in [-0.25, -0.2) is 0 Å². The minimum atomic E-state index is -0.0326. The van der Waals surface area contributed by atoms with Crippen LogP contribution in [0.3, 0.4) is 0 Å². The van der Waals surface area contributed by atoms with Crippen LogP contribution in [0.4, 0.5) is 5.82 Å². The molecule has 0 bridgehead atoms. The van der Waals surface area contributed by atoms with E-state index in [1.54, 1.807) is 0 Å². The summed E-state index contributed by atoms with van der Waals surface area (Å²) in [6.45, 7) is 1.84. The second kappa shape index (κ2) is 3.16. The molecule has 0 spiro atoms. The first-order valence-electron chi connectivity index (χ1n) is 5.06. The molecule has 16 heavy (non-hydrogen) atoms. The number of carbonyl (C=O) groups excluding carboxylic acids is 1. The Bertz CT molecular complexity index is 599. The van der Waals surface area contributed by atoms with Gasteiger partial charge in [0.05, 0.1) is 11.9 Å². The van der Waals surface area contributed by atoms with Crippen LogP contribution in [-0.4, -0.2) is 21.8 Å². The second-order valence-electron chi connectivity index (χ2n) is 3.81. The van der Waals surface area contributed by atoms with Gasteiger partial charge in [0.15, 0.2) is 5.82 Å². The van der Waals surface area contributed by atoms with Crippen molar-refractivity contribution in [1.82, 2.24) is 10.2 Å². The van der Waals surface area contributed by atoms with Crippen LogP contribution in [0, 0.1) is 0 Å². The first-order valence-corrected chi connectivity index (χ1v) is 5.06. The van der Waals surface area contributed by atoms with Gasteiger partial charge in [0, 0.05) is 11.1 Å². The highest BCUT2D eigenvalue weighted by molar-refractivity contribution is 6.14. The molecule has 1 aliphatic heterocycles. The number of amides is 1. The summed E-state index contributed by atoms with van der Waals surface area (Å²) in [5, 5.41) is 13.5. The lowest BCUT2D eigenvalue weighted by molar-refractivity contribution is -0.116. The SMILES string of the molecule is CC1=NN(c2n[nH]c3ccccc23)C(=O)C1. The summed E-state index contributed by atoms with van der Waals surface area (Å²) in [5.74, 6) is 0.548. The molecule has 1 aromatic carbocycles. The molecule has 2 aromatic rings. The van der Waals surface area contributed by atoms with Crippen LogP contribution in [0.5, 0.6) is 0 Å². The van der Waals surface area contributed by atoms with E-state index >= 15 is 0 Å². The average molecular weight is 214 g/mol. The summed E-state index contributed by atoms with van der Waals surface area (Å²) < 4.78 is 0. The highest BCUT2D eigenvalue weighted by Crippen LogP contribution is 2.26. The van der Waals surface area contributed by atoms with Crippen molar-refractivity contribution < 1.29 is 4.79 Å². The highest BCUT2D eigenvalue weighted by atomic mass is 16.2. The van der Waals surface area contributed by atoms with E-state index < -0.39 is 0 Å². The summed E-state index contributed by atoms with van der Waals surface area (Å²) >= 11 is 0. The maximum Gasteiger partial charge on any atom is 0.254 e. The number of hydrazone groups is 1. The first kappa shape index (κ1) is 9.08. The maximum atomic E-state index is 11.7. The Morgan fingerprint density at radius 3 is 2.94 bits per heavy atom. The van der Waals surface area contributed by atoms with Gasteiger partial charge >= 0.3 is 0 Å². The van der Waals surface area contributed by atoms with E-state index in [4.69, 9.17) is 0 Å². The van der Waals surface area contributed by atoms with Crippen LogP contribution in [0.1, 0.15) is 13.3 Å². The Labute approximate surface area is 91.8 Å². The van der Waals surface area contributed by atoms with Crippen LogP contribution in [0.25, 0.3) is 10.9 Å². The molecule has 80 valence electrons. The van der Waals surface area contributed by atoms with Crippen molar-refractivity contribution >= 4 is 28.3 Å². The van der Waals surface area contributed by atoms with Gasteiger partial charge in [0.2, 0.25) is 0 Å². The van der Waals surface area contributed by atoms with Crippen LogP contribution in [-0.2, 0) is 4.79 Å². The number of hydrogen-bond donors (Lipinski definition) is 1. The predicted octanol–water partition coefficient (Wildman–Crippen LogP) is 1.68. The number of anilines is 1. The third-order valence-corrected chi connectivity index (χ3v) is 2.56. The number of fused-ring (bicyclic) bond motifs is 1. The van der Waals surface area contributed by atoms with E-state index in [1.807, 2.05) is 31.2 Å². The normalized spacial score (nSPS) is 15.9. The average Bonchev–Trinajstić information content (AvgIpc) is 2.81. The Morgan fingerprint density at radius 2 is 2.19 bits per heavy atom. The molecule has 2 heterocycles. The summed E-state index contributed by atoms with van der Waals surface area (Å²) in [4.78, 5) is 11.7. The maximum absolute atomic E-state index is 11.7. The number of para-hydroxylation sites is 1. The smallest absolute Gasteiger partial charge is 0.254 e. The van der Waals surface area contributed by atoms with Gasteiger partial charge < -0.3 is 0 Å². The van der Waals surface area contributed by atoms with Crippen LogP contribution >= 0.6 is 0 Å². The van der Waals surface area contributed by atoms with Gasteiger partial charge in [-0.05, 0) is 19.1 Å². The number of aromatic nitrogens is 2. The fourth-order valence-corrected chi connectivity index (χ4v) is 1.83. The van der Waals surface area contributed by atoms with Crippen molar-refractivity contribution in [3.05, 3.63) is 24.3 Å². The lowest BCUT2D eigenvalue weighted by atomic mass is 10.2. The molecule has 1 amide bonds. The van der Waals surface area contributed by atoms with Crippen molar-refractivity contribution in [2.75, 3.05) is 5.01 Å². The van der Waals surface area contributed by atoms with Crippen LogP contribution in [0.15, 0.2) is 29.4 Å². The monoisotopic (exact) mass is 214 g/mol. The van der Waals surface area contributed by atoms with E-state index in [1.165, 1.54) is 5.01 Å². The van der Waals surface area contributed by atoms with E-state index in [0.717, 1.165) is 16.6 Å². The summed E-state index contributed by atoms with van der Waals surface area (Å²) in [5.41, 5.74) is 1.72. The summed E-state index contributed by atoms with van der Waals surface area (Å²) in [6, 6.07) is 7.68. The number of nitrogens with zero attached hydrogens (tertiary/aromatic N) is 3. The Morgan fingerprint density at radius 1 is 1.38 bits per heavy atom. The van der Waals surface area contributed by atoms with Crippen molar-refractivity contribution in [2.45, 2.75) is 13.3 Å². The third-order valence-electron chi connectivity index (χ3n) is 2.56. The van der Waals surface area contributed by atoms with Gasteiger partial charge in [-0.2, -0.15) is 15.2 Å². The molecular weight excluding hydrogens is 204 g/mol. The Kier molecular flexibility index (Phi) is 1.80. The molecule has 0 saturated carbocycles. The molecular formula is C11H10N4O. The number of nitrogens with one attached hydrogen (secondary N) is 1. The molecule has 0 unspecified atom stereocenters. The van der Waals surface area contributed by atoms with E-state index in [9.17, 15) is 4.79 Å². The summed E-state index contributed by atoms with van der Waals surface area (Å²) in [7, 11) is 0. The standard InChI is InChI=1S/C11H10N4O/c1-7-6-10(16)15(14-7)11-8-4-2-3-5-9(8)12-13-11/h2-5H,6H2,1H3,(H,12,13). The Hall–Kier alpha value is -2.17. The molecule has 3 rings (SSSR count). The molecule has 0 radical (unpaired) electrons. The van der Waals surface area contributed by atoms with E-state index in [2.05, 4.69) is 15.3 Å². The lowest BCUT2D eigenvalue weighted by Crippen LogP contribution is -2.20. The van der Waals surface area contributed by atoms with Gasteiger partial charge in [-0.15, -0.1) is 0 Å². The van der Waals surface area contributed by atoms with Gasteiger partial charge in [-0.3, -0.25) is 9.89 Å². The quantitative estimate of drug-likeness (QED) is 0.785. The van der Waals surface area contributed by atoms with Crippen LogP contribution in [0.2, 0.25) is 0 Å². The zero-order valence-electron chi connectivity index (χ0n) is 8.77. The molecule has 5 heteroatoms. The van der Waals surface area contributed by atoms with Crippen molar-refractivity contribution in [1.29, 1.82) is 0 Å². The number of hydrogen-bond acceptors (Lipinski definition) is 3. The van der Waals surface area contributed by atoms with Gasteiger partial charge in [-0.1, -0.05) is 12.1 Å². The van der Waals surface area contributed by atoms with Crippen molar-refractivity contribution in [3.63, 3.8) is 0 Å². The molecule has 0 saturated heterocycles. The number of carbonyl (C=O) groups is 1. The number of aromatic amines is 1. The van der Waals surface area contributed by atoms with Crippen molar-refractivity contribution in [2.24, 2.45) is 5.10 Å². The molecule has 5 nitrogen and oxygen atoms in total. The number of benzene rings is 1.